The Bertz CT molecular complexity index is 191. The van der Waals surface area contributed by atoms with Crippen molar-refractivity contribution in [3.05, 3.63) is 0 Å². The van der Waals surface area contributed by atoms with Crippen molar-refractivity contribution < 1.29 is 4.74 Å². The van der Waals surface area contributed by atoms with E-state index < -0.39 is 0 Å². The van der Waals surface area contributed by atoms with Crippen LogP contribution in [-0.2, 0) is 4.74 Å². The van der Waals surface area contributed by atoms with Crippen LogP contribution < -0.4 is 5.73 Å². The van der Waals surface area contributed by atoms with Crippen LogP contribution in [0.25, 0.3) is 0 Å². The van der Waals surface area contributed by atoms with E-state index in [0.29, 0.717) is 5.92 Å². The van der Waals surface area contributed by atoms with Gasteiger partial charge in [-0.15, -0.1) is 0 Å². The summed E-state index contributed by atoms with van der Waals surface area (Å²) in [7, 11) is 0. The van der Waals surface area contributed by atoms with Gasteiger partial charge in [0.2, 0.25) is 0 Å². The molecule has 1 unspecified atom stereocenters. The summed E-state index contributed by atoms with van der Waals surface area (Å²) in [6.07, 6.45) is 6.21. The molecule has 1 heterocycles. The molecule has 1 atom stereocenters. The van der Waals surface area contributed by atoms with Gasteiger partial charge in [-0.2, -0.15) is 0 Å². The number of hydrogen-bond donors (Lipinski definition) is 1. The molecule has 0 aromatic carbocycles. The summed E-state index contributed by atoms with van der Waals surface area (Å²) in [5.74, 6) is 0.654. The van der Waals surface area contributed by atoms with Crippen molar-refractivity contribution in [2.45, 2.75) is 57.1 Å². The van der Waals surface area contributed by atoms with Crippen LogP contribution in [0.15, 0.2) is 0 Å². The van der Waals surface area contributed by atoms with E-state index in [2.05, 4.69) is 13.8 Å². The first-order valence-electron chi connectivity index (χ1n) is 5.45. The van der Waals surface area contributed by atoms with Gasteiger partial charge in [0.05, 0.1) is 5.60 Å². The smallest absolute Gasteiger partial charge is 0.0686 e. The Morgan fingerprint density at radius 2 is 2.08 bits per heavy atom. The molecule has 1 aliphatic carbocycles. The summed E-state index contributed by atoms with van der Waals surface area (Å²) < 4.78 is 5.87. The lowest BCUT2D eigenvalue weighted by molar-refractivity contribution is -0.150. The second-order valence-corrected chi connectivity index (χ2v) is 5.40. The Labute approximate surface area is 80.8 Å². The van der Waals surface area contributed by atoms with Gasteiger partial charge in [-0.3, -0.25) is 0 Å². The Morgan fingerprint density at radius 1 is 1.38 bits per heavy atom. The molecule has 0 aromatic rings. The molecule has 13 heavy (non-hydrogen) atoms. The average molecular weight is 183 g/mol. The third-order valence-corrected chi connectivity index (χ3v) is 3.81. The van der Waals surface area contributed by atoms with E-state index in [9.17, 15) is 0 Å². The van der Waals surface area contributed by atoms with Gasteiger partial charge in [-0.25, -0.2) is 0 Å². The quantitative estimate of drug-likeness (QED) is 0.675. The van der Waals surface area contributed by atoms with Gasteiger partial charge in [-0.05, 0) is 51.9 Å². The first-order valence-corrected chi connectivity index (χ1v) is 5.45. The summed E-state index contributed by atoms with van der Waals surface area (Å²) >= 11 is 0. The van der Waals surface area contributed by atoms with E-state index in [0.717, 1.165) is 13.0 Å². The fourth-order valence-corrected chi connectivity index (χ4v) is 2.58. The van der Waals surface area contributed by atoms with Crippen LogP contribution in [0.2, 0.25) is 0 Å². The maximum atomic E-state index is 6.15. The molecule has 0 radical (unpaired) electrons. The zero-order valence-corrected chi connectivity index (χ0v) is 8.81. The molecule has 1 spiro atoms. The van der Waals surface area contributed by atoms with Crippen LogP contribution in [0.3, 0.4) is 0 Å². The molecule has 2 N–H and O–H groups in total. The van der Waals surface area contributed by atoms with Crippen molar-refractivity contribution in [2.24, 2.45) is 11.7 Å². The second-order valence-electron chi connectivity index (χ2n) is 5.40. The number of hydrogen-bond acceptors (Lipinski definition) is 2. The van der Waals surface area contributed by atoms with Crippen molar-refractivity contribution in [1.82, 2.24) is 0 Å². The third-order valence-electron chi connectivity index (χ3n) is 3.81. The van der Waals surface area contributed by atoms with Gasteiger partial charge < -0.3 is 10.5 Å². The van der Waals surface area contributed by atoms with Crippen LogP contribution in [-0.4, -0.2) is 17.7 Å². The zero-order chi connectivity index (χ0) is 9.53. The molecule has 2 aliphatic rings. The first-order chi connectivity index (χ1) is 6.02. The summed E-state index contributed by atoms with van der Waals surface area (Å²) in [6, 6.07) is 0. The van der Waals surface area contributed by atoms with Gasteiger partial charge >= 0.3 is 0 Å². The lowest BCUT2D eigenvalue weighted by Crippen LogP contribution is -2.52. The second kappa shape index (κ2) is 2.96. The Balaban J connectivity index is 2.00. The monoisotopic (exact) mass is 183 g/mol. The highest BCUT2D eigenvalue weighted by Gasteiger charge is 2.45. The molecule has 1 aliphatic heterocycles. The number of rotatable bonds is 1. The average Bonchev–Trinajstić information content (AvgIpc) is 2.00. The van der Waals surface area contributed by atoms with E-state index in [1.165, 1.54) is 25.7 Å². The van der Waals surface area contributed by atoms with Crippen molar-refractivity contribution in [3.63, 3.8) is 0 Å². The normalized spacial score (nSPS) is 33.0. The van der Waals surface area contributed by atoms with Crippen LogP contribution in [0.4, 0.5) is 0 Å². The molecule has 1 saturated heterocycles. The van der Waals surface area contributed by atoms with Crippen LogP contribution in [0.5, 0.6) is 0 Å². The molecule has 2 nitrogen and oxygen atoms in total. The minimum Gasteiger partial charge on any atom is -0.375 e. The first kappa shape index (κ1) is 9.47. The number of nitrogens with two attached hydrogens (primary N) is 1. The van der Waals surface area contributed by atoms with Crippen molar-refractivity contribution in [3.8, 4) is 0 Å². The molecule has 2 fully saturated rings. The molecule has 1 saturated carbocycles. The highest BCUT2D eigenvalue weighted by molar-refractivity contribution is 4.98. The van der Waals surface area contributed by atoms with Gasteiger partial charge in [0, 0.05) is 12.1 Å². The molecule has 0 amide bonds. The van der Waals surface area contributed by atoms with Gasteiger partial charge in [0.1, 0.15) is 0 Å². The predicted molar refractivity (Wildman–Crippen MR) is 53.5 cm³/mol. The van der Waals surface area contributed by atoms with Crippen LogP contribution in [0.1, 0.15) is 46.0 Å². The molecular formula is C11H21NO. The topological polar surface area (TPSA) is 35.2 Å². The fraction of sp³-hybridized carbons (Fsp3) is 1.00. The maximum absolute atomic E-state index is 6.15. The summed E-state index contributed by atoms with van der Waals surface area (Å²) in [5, 5.41) is 0. The maximum Gasteiger partial charge on any atom is 0.0686 e. The van der Waals surface area contributed by atoms with Gasteiger partial charge in [0.15, 0.2) is 0 Å². The summed E-state index contributed by atoms with van der Waals surface area (Å²) in [5.41, 5.74) is 6.38. The molecule has 2 heteroatoms. The molecule has 2 rings (SSSR count). The molecule has 0 bridgehead atoms. The Hall–Kier alpha value is -0.0800. The minimum absolute atomic E-state index is 0.0215. The highest BCUT2D eigenvalue weighted by atomic mass is 16.5. The Morgan fingerprint density at radius 3 is 2.54 bits per heavy atom. The van der Waals surface area contributed by atoms with Crippen LogP contribution in [0, 0.1) is 5.92 Å². The van der Waals surface area contributed by atoms with E-state index in [-0.39, 0.29) is 11.1 Å². The molecular weight excluding hydrogens is 162 g/mol. The minimum atomic E-state index is -0.0215. The largest absolute Gasteiger partial charge is 0.375 e. The molecule has 0 aromatic heterocycles. The lowest BCUT2D eigenvalue weighted by atomic mass is 9.68. The van der Waals surface area contributed by atoms with Gasteiger partial charge in [0.25, 0.3) is 0 Å². The van der Waals surface area contributed by atoms with Gasteiger partial charge in [-0.1, -0.05) is 0 Å². The van der Waals surface area contributed by atoms with E-state index in [1.807, 2.05) is 0 Å². The standard InChI is InChI=1S/C11H21NO/c1-10(2,12)9-4-7-13-11(8-9)5-3-6-11/h9H,3-8,12H2,1-2H3. The van der Waals surface area contributed by atoms with Crippen LogP contribution >= 0.6 is 0 Å². The fourth-order valence-electron chi connectivity index (χ4n) is 2.58. The van der Waals surface area contributed by atoms with E-state index in [1.54, 1.807) is 0 Å². The van der Waals surface area contributed by atoms with Crippen molar-refractivity contribution >= 4 is 0 Å². The highest BCUT2D eigenvalue weighted by Crippen LogP contribution is 2.46. The number of ether oxygens (including phenoxy) is 1. The lowest BCUT2D eigenvalue weighted by Gasteiger charge is -2.50. The van der Waals surface area contributed by atoms with E-state index in [4.69, 9.17) is 10.5 Å². The third kappa shape index (κ3) is 1.75. The van der Waals surface area contributed by atoms with Crippen molar-refractivity contribution in [2.75, 3.05) is 6.61 Å². The zero-order valence-electron chi connectivity index (χ0n) is 8.81. The SMILES string of the molecule is CC(C)(N)C1CCOC2(CCC2)C1. The van der Waals surface area contributed by atoms with Crippen molar-refractivity contribution in [1.29, 1.82) is 0 Å². The summed E-state index contributed by atoms with van der Waals surface area (Å²) in [6.45, 7) is 5.22. The molecule has 76 valence electrons. The Kier molecular flexibility index (Phi) is 2.16. The predicted octanol–water partition coefficient (Wildman–Crippen LogP) is 2.07. The van der Waals surface area contributed by atoms with E-state index >= 15 is 0 Å². The summed E-state index contributed by atoms with van der Waals surface area (Å²) in [4.78, 5) is 0.